The minimum absolute atomic E-state index is 0.0285. The number of nitrogens with zero attached hydrogens (tertiary/aromatic N) is 1. The molecule has 0 fully saturated rings. The molecule has 0 saturated carbocycles. The number of para-hydroxylation sites is 1. The van der Waals surface area contributed by atoms with Crippen LogP contribution in [0, 0.1) is 0 Å². The third kappa shape index (κ3) is 4.45. The minimum atomic E-state index is -0.497. The van der Waals surface area contributed by atoms with Gasteiger partial charge in [0, 0.05) is 12.7 Å². The molecule has 0 saturated heterocycles. The summed E-state index contributed by atoms with van der Waals surface area (Å²) in [6, 6.07) is 17.9. The van der Waals surface area contributed by atoms with E-state index in [0.717, 1.165) is 16.8 Å². The van der Waals surface area contributed by atoms with Gasteiger partial charge < -0.3 is 9.64 Å². The van der Waals surface area contributed by atoms with Crippen LogP contribution in [-0.4, -0.2) is 19.1 Å². The summed E-state index contributed by atoms with van der Waals surface area (Å²) in [5.74, 6) is -0.0392. The molecule has 0 aliphatic rings. The second-order valence-corrected chi connectivity index (χ2v) is 7.10. The normalized spacial score (nSPS) is 12.7. The molecular weight excluding hydrogens is 298 g/mol. The number of benzene rings is 2. The van der Waals surface area contributed by atoms with Gasteiger partial charge in [0.15, 0.2) is 0 Å². The molecule has 1 atom stereocenters. The predicted molar refractivity (Wildman–Crippen MR) is 99.2 cm³/mol. The van der Waals surface area contributed by atoms with Gasteiger partial charge in [-0.05, 0) is 29.5 Å². The third-order valence-corrected chi connectivity index (χ3v) is 4.09. The smallest absolute Gasteiger partial charge is 0.255 e. The van der Waals surface area contributed by atoms with Crippen LogP contribution in [0.3, 0.4) is 0 Å². The molecule has 128 valence electrons. The Bertz CT molecular complexity index is 674. The SMILES string of the molecule is CC(OCc1ccccc1)C(=O)N(C)c1ccccc1C(C)(C)C. The Morgan fingerprint density at radius 2 is 1.62 bits per heavy atom. The Morgan fingerprint density at radius 3 is 2.25 bits per heavy atom. The highest BCUT2D eigenvalue weighted by Crippen LogP contribution is 2.31. The number of hydrogen-bond acceptors (Lipinski definition) is 2. The van der Waals surface area contributed by atoms with Crippen molar-refractivity contribution in [1.29, 1.82) is 0 Å². The van der Waals surface area contributed by atoms with Crippen LogP contribution in [0.15, 0.2) is 54.6 Å². The minimum Gasteiger partial charge on any atom is -0.364 e. The number of rotatable bonds is 5. The molecule has 0 spiro atoms. The molecule has 2 aromatic rings. The zero-order valence-electron chi connectivity index (χ0n) is 15.2. The number of likely N-dealkylation sites (N-methyl/N-ethyl adjacent to an activating group) is 1. The van der Waals surface area contributed by atoms with E-state index in [1.165, 1.54) is 0 Å². The van der Waals surface area contributed by atoms with Crippen molar-refractivity contribution in [3.05, 3.63) is 65.7 Å². The van der Waals surface area contributed by atoms with E-state index < -0.39 is 6.10 Å². The van der Waals surface area contributed by atoms with Crippen LogP contribution in [0.5, 0.6) is 0 Å². The molecule has 0 radical (unpaired) electrons. The molecular formula is C21H27NO2. The van der Waals surface area contributed by atoms with E-state index in [4.69, 9.17) is 4.74 Å². The maximum Gasteiger partial charge on any atom is 0.255 e. The first-order valence-corrected chi connectivity index (χ1v) is 8.33. The molecule has 2 rings (SSSR count). The Morgan fingerprint density at radius 1 is 1.04 bits per heavy atom. The van der Waals surface area contributed by atoms with E-state index in [-0.39, 0.29) is 11.3 Å². The number of ether oxygens (including phenoxy) is 1. The lowest BCUT2D eigenvalue weighted by atomic mass is 9.85. The molecule has 2 aromatic carbocycles. The number of hydrogen-bond donors (Lipinski definition) is 0. The molecule has 24 heavy (non-hydrogen) atoms. The van der Waals surface area contributed by atoms with Crippen molar-refractivity contribution in [1.82, 2.24) is 0 Å². The molecule has 0 aliphatic carbocycles. The number of anilines is 1. The summed E-state index contributed by atoms with van der Waals surface area (Å²) in [6.45, 7) is 8.70. The zero-order chi connectivity index (χ0) is 17.7. The van der Waals surface area contributed by atoms with E-state index in [1.807, 2.05) is 62.5 Å². The zero-order valence-corrected chi connectivity index (χ0v) is 15.2. The average molecular weight is 325 g/mol. The molecule has 3 nitrogen and oxygen atoms in total. The Balaban J connectivity index is 2.09. The summed E-state index contributed by atoms with van der Waals surface area (Å²) in [6.07, 6.45) is -0.497. The first-order chi connectivity index (χ1) is 11.3. The molecule has 3 heteroatoms. The summed E-state index contributed by atoms with van der Waals surface area (Å²) >= 11 is 0. The monoisotopic (exact) mass is 325 g/mol. The first kappa shape index (κ1) is 18.2. The second-order valence-electron chi connectivity index (χ2n) is 7.10. The molecule has 0 bridgehead atoms. The van der Waals surface area contributed by atoms with E-state index in [9.17, 15) is 4.79 Å². The summed E-state index contributed by atoms with van der Waals surface area (Å²) in [5.41, 5.74) is 3.12. The molecule has 0 N–H and O–H groups in total. The molecule has 0 aliphatic heterocycles. The molecule has 1 unspecified atom stereocenters. The quantitative estimate of drug-likeness (QED) is 0.807. The van der Waals surface area contributed by atoms with Crippen molar-refractivity contribution in [3.8, 4) is 0 Å². The maximum absolute atomic E-state index is 12.7. The van der Waals surface area contributed by atoms with E-state index >= 15 is 0 Å². The van der Waals surface area contributed by atoms with E-state index in [2.05, 4.69) is 26.8 Å². The van der Waals surface area contributed by atoms with Crippen LogP contribution in [0.1, 0.15) is 38.8 Å². The van der Waals surface area contributed by atoms with Crippen LogP contribution in [0.2, 0.25) is 0 Å². The van der Waals surface area contributed by atoms with Crippen LogP contribution in [-0.2, 0) is 21.6 Å². The first-order valence-electron chi connectivity index (χ1n) is 8.33. The van der Waals surface area contributed by atoms with Gasteiger partial charge in [-0.25, -0.2) is 0 Å². The summed E-state index contributed by atoms with van der Waals surface area (Å²) in [4.78, 5) is 14.4. The average Bonchev–Trinajstić information content (AvgIpc) is 2.58. The van der Waals surface area contributed by atoms with Gasteiger partial charge in [0.25, 0.3) is 5.91 Å². The number of carbonyl (C=O) groups excluding carboxylic acids is 1. The highest BCUT2D eigenvalue weighted by molar-refractivity contribution is 5.96. The van der Waals surface area contributed by atoms with Crippen molar-refractivity contribution in [2.24, 2.45) is 0 Å². The Labute approximate surface area is 145 Å². The second kappa shape index (κ2) is 7.63. The summed E-state index contributed by atoms with van der Waals surface area (Å²) in [7, 11) is 1.81. The topological polar surface area (TPSA) is 29.5 Å². The summed E-state index contributed by atoms with van der Waals surface area (Å²) in [5, 5.41) is 0. The van der Waals surface area contributed by atoms with Crippen molar-refractivity contribution in [2.75, 3.05) is 11.9 Å². The fraction of sp³-hybridized carbons (Fsp3) is 0.381. The number of amides is 1. The fourth-order valence-corrected chi connectivity index (χ4v) is 2.66. The molecule has 0 heterocycles. The van der Waals surface area contributed by atoms with Gasteiger partial charge in [-0.15, -0.1) is 0 Å². The van der Waals surface area contributed by atoms with Gasteiger partial charge in [0.05, 0.1) is 6.61 Å². The fourth-order valence-electron chi connectivity index (χ4n) is 2.66. The van der Waals surface area contributed by atoms with Crippen molar-refractivity contribution in [3.63, 3.8) is 0 Å². The van der Waals surface area contributed by atoms with Crippen LogP contribution >= 0.6 is 0 Å². The standard InChI is InChI=1S/C21H27NO2/c1-16(24-15-17-11-7-6-8-12-17)20(23)22(5)19-14-10-9-13-18(19)21(2,3)4/h6-14,16H,15H2,1-5H3. The Kier molecular flexibility index (Phi) is 5.79. The Hall–Kier alpha value is -2.13. The highest BCUT2D eigenvalue weighted by Gasteiger charge is 2.25. The largest absolute Gasteiger partial charge is 0.364 e. The van der Waals surface area contributed by atoms with Gasteiger partial charge in [-0.3, -0.25) is 4.79 Å². The number of carbonyl (C=O) groups is 1. The van der Waals surface area contributed by atoms with Gasteiger partial charge in [0.1, 0.15) is 6.10 Å². The van der Waals surface area contributed by atoms with Gasteiger partial charge >= 0.3 is 0 Å². The van der Waals surface area contributed by atoms with E-state index in [1.54, 1.807) is 4.90 Å². The van der Waals surface area contributed by atoms with Crippen molar-refractivity contribution >= 4 is 11.6 Å². The maximum atomic E-state index is 12.7. The van der Waals surface area contributed by atoms with Gasteiger partial charge in [-0.2, -0.15) is 0 Å². The third-order valence-electron chi connectivity index (χ3n) is 4.09. The van der Waals surface area contributed by atoms with Crippen LogP contribution in [0.4, 0.5) is 5.69 Å². The lowest BCUT2D eigenvalue weighted by Gasteiger charge is -2.29. The van der Waals surface area contributed by atoms with Gasteiger partial charge in [-0.1, -0.05) is 69.3 Å². The lowest BCUT2D eigenvalue weighted by molar-refractivity contribution is -0.129. The van der Waals surface area contributed by atoms with E-state index in [0.29, 0.717) is 6.61 Å². The van der Waals surface area contributed by atoms with Crippen LogP contribution < -0.4 is 4.90 Å². The predicted octanol–water partition coefficient (Wildman–Crippen LogP) is 4.55. The van der Waals surface area contributed by atoms with Gasteiger partial charge in [0.2, 0.25) is 0 Å². The van der Waals surface area contributed by atoms with Crippen molar-refractivity contribution < 1.29 is 9.53 Å². The van der Waals surface area contributed by atoms with Crippen molar-refractivity contribution in [2.45, 2.75) is 45.8 Å². The lowest BCUT2D eigenvalue weighted by Crippen LogP contribution is -2.37. The molecule has 0 aromatic heterocycles. The molecule has 1 amide bonds. The van der Waals surface area contributed by atoms with Crippen LogP contribution in [0.25, 0.3) is 0 Å². The summed E-state index contributed by atoms with van der Waals surface area (Å²) < 4.78 is 5.77. The highest BCUT2D eigenvalue weighted by atomic mass is 16.5.